The minimum absolute atomic E-state index is 0.0164. The largest absolute Gasteiger partial charge is 0.395 e. The number of benzene rings is 1. The molecule has 7 heteroatoms. The molecule has 0 fully saturated rings. The van der Waals surface area contributed by atoms with Gasteiger partial charge in [-0.2, -0.15) is 0 Å². The number of aromatic nitrogens is 2. The van der Waals surface area contributed by atoms with Gasteiger partial charge in [0.2, 0.25) is 0 Å². The van der Waals surface area contributed by atoms with Gasteiger partial charge in [0.05, 0.1) is 11.5 Å². The molecule has 6 nitrogen and oxygen atoms in total. The zero-order valence-electron chi connectivity index (χ0n) is 12.6. The van der Waals surface area contributed by atoms with Crippen molar-refractivity contribution in [3.8, 4) is 11.4 Å². The molecule has 1 heterocycles. The van der Waals surface area contributed by atoms with Crippen LogP contribution in [0.25, 0.3) is 11.4 Å². The summed E-state index contributed by atoms with van der Waals surface area (Å²) in [5, 5.41) is 20.4. The van der Waals surface area contributed by atoms with Crippen LogP contribution in [0.5, 0.6) is 0 Å². The molecule has 1 aromatic heterocycles. The molecule has 0 aliphatic heterocycles. The summed E-state index contributed by atoms with van der Waals surface area (Å²) < 4.78 is 2.53. The molecule has 3 rings (SSSR count). The molecule has 0 unspecified atom stereocenters. The fourth-order valence-electron chi connectivity index (χ4n) is 3.09. The molecule has 1 aliphatic carbocycles. The number of nitro benzene ring substituents is 1. The number of aliphatic hydroxyl groups excluding tert-OH is 1. The molecule has 0 amide bonds. The lowest BCUT2D eigenvalue weighted by Gasteiger charge is -2.24. The molecule has 0 saturated heterocycles. The van der Waals surface area contributed by atoms with E-state index >= 15 is 0 Å². The molecular formula is C16H17N3O3S. The minimum atomic E-state index is -0.424. The van der Waals surface area contributed by atoms with Gasteiger partial charge in [-0.1, -0.05) is 24.4 Å². The molecule has 0 bridgehead atoms. The van der Waals surface area contributed by atoms with Crippen LogP contribution in [-0.2, 0) is 19.4 Å². The molecule has 1 aliphatic rings. The van der Waals surface area contributed by atoms with Crippen LogP contribution in [0, 0.1) is 14.8 Å². The van der Waals surface area contributed by atoms with E-state index in [0.717, 1.165) is 36.9 Å². The normalized spacial score (nSPS) is 13.6. The molecule has 0 radical (unpaired) electrons. The van der Waals surface area contributed by atoms with Crippen LogP contribution in [0.3, 0.4) is 0 Å². The van der Waals surface area contributed by atoms with Gasteiger partial charge in [-0.25, -0.2) is 4.98 Å². The molecule has 0 atom stereocenters. The summed E-state index contributed by atoms with van der Waals surface area (Å²) in [7, 11) is 0. The number of nitrogens with zero attached hydrogens (tertiary/aromatic N) is 3. The highest BCUT2D eigenvalue weighted by Crippen LogP contribution is 2.28. The fourth-order valence-corrected chi connectivity index (χ4v) is 3.40. The Balaban J connectivity index is 2.22. The number of hydrogen-bond donors (Lipinski definition) is 1. The summed E-state index contributed by atoms with van der Waals surface area (Å²) >= 11 is 5.43. The Morgan fingerprint density at radius 3 is 2.87 bits per heavy atom. The van der Waals surface area contributed by atoms with Crippen LogP contribution < -0.4 is 0 Å². The Bertz CT molecular complexity index is 817. The number of aliphatic hydroxyl groups is 1. The lowest BCUT2D eigenvalue weighted by molar-refractivity contribution is -0.384. The summed E-state index contributed by atoms with van der Waals surface area (Å²) in [5.41, 5.74) is 2.84. The summed E-state index contributed by atoms with van der Waals surface area (Å²) in [4.78, 5) is 15.1. The van der Waals surface area contributed by atoms with Crippen molar-refractivity contribution in [2.75, 3.05) is 6.61 Å². The van der Waals surface area contributed by atoms with Gasteiger partial charge >= 0.3 is 0 Å². The number of fused-ring (bicyclic) bond motifs is 1. The van der Waals surface area contributed by atoms with Crippen molar-refractivity contribution in [3.05, 3.63) is 50.3 Å². The average molecular weight is 331 g/mol. The van der Waals surface area contributed by atoms with Crippen molar-refractivity contribution in [1.29, 1.82) is 0 Å². The zero-order valence-corrected chi connectivity index (χ0v) is 13.4. The SMILES string of the molecule is O=[N+]([O-])c1cccc(-c2nc(=S)c3c(n2CCO)CCCC3)c1. The maximum Gasteiger partial charge on any atom is 0.270 e. The molecule has 1 N–H and O–H groups in total. The second kappa shape index (κ2) is 6.55. The van der Waals surface area contributed by atoms with Gasteiger partial charge < -0.3 is 9.67 Å². The monoisotopic (exact) mass is 331 g/mol. The van der Waals surface area contributed by atoms with E-state index in [4.69, 9.17) is 12.2 Å². The van der Waals surface area contributed by atoms with Crippen molar-refractivity contribution >= 4 is 17.9 Å². The third kappa shape index (κ3) is 3.02. The van der Waals surface area contributed by atoms with Crippen LogP contribution in [-0.4, -0.2) is 26.2 Å². The first-order chi connectivity index (χ1) is 11.1. The predicted octanol–water partition coefficient (Wildman–Crippen LogP) is 3.06. The van der Waals surface area contributed by atoms with E-state index in [9.17, 15) is 15.2 Å². The van der Waals surface area contributed by atoms with Crippen LogP contribution in [0.1, 0.15) is 24.1 Å². The van der Waals surface area contributed by atoms with E-state index in [1.807, 2.05) is 4.57 Å². The van der Waals surface area contributed by atoms with Crippen LogP contribution >= 0.6 is 12.2 Å². The molecule has 2 aromatic rings. The molecular weight excluding hydrogens is 314 g/mol. The summed E-state index contributed by atoms with van der Waals surface area (Å²) in [6, 6.07) is 6.38. The molecule has 120 valence electrons. The second-order valence-electron chi connectivity index (χ2n) is 5.56. The number of non-ortho nitro benzene ring substituents is 1. The fraction of sp³-hybridized carbons (Fsp3) is 0.375. The molecule has 0 saturated carbocycles. The highest BCUT2D eigenvalue weighted by molar-refractivity contribution is 7.71. The maximum atomic E-state index is 11.0. The van der Waals surface area contributed by atoms with Crippen molar-refractivity contribution in [2.24, 2.45) is 0 Å². The Hall–Kier alpha value is -2.12. The smallest absolute Gasteiger partial charge is 0.270 e. The Kier molecular flexibility index (Phi) is 4.49. The predicted molar refractivity (Wildman–Crippen MR) is 88.9 cm³/mol. The van der Waals surface area contributed by atoms with Crippen LogP contribution in [0.2, 0.25) is 0 Å². The molecule has 23 heavy (non-hydrogen) atoms. The van der Waals surface area contributed by atoms with E-state index in [2.05, 4.69) is 4.98 Å². The Morgan fingerprint density at radius 1 is 1.35 bits per heavy atom. The van der Waals surface area contributed by atoms with Gasteiger partial charge in [-0.15, -0.1) is 0 Å². The first-order valence-corrected chi connectivity index (χ1v) is 8.01. The Labute approximate surface area is 138 Å². The highest BCUT2D eigenvalue weighted by Gasteiger charge is 2.20. The average Bonchev–Trinajstić information content (AvgIpc) is 2.57. The lowest BCUT2D eigenvalue weighted by Crippen LogP contribution is -2.19. The van der Waals surface area contributed by atoms with Crippen molar-refractivity contribution < 1.29 is 10.0 Å². The van der Waals surface area contributed by atoms with Gasteiger partial charge in [0.15, 0.2) is 0 Å². The third-order valence-electron chi connectivity index (χ3n) is 4.12. The second-order valence-corrected chi connectivity index (χ2v) is 5.94. The van der Waals surface area contributed by atoms with E-state index < -0.39 is 4.92 Å². The van der Waals surface area contributed by atoms with E-state index in [1.165, 1.54) is 12.1 Å². The first-order valence-electron chi connectivity index (χ1n) is 7.60. The van der Waals surface area contributed by atoms with E-state index in [1.54, 1.807) is 12.1 Å². The third-order valence-corrected chi connectivity index (χ3v) is 4.46. The summed E-state index contributed by atoms with van der Waals surface area (Å²) in [6.45, 7) is 0.389. The lowest BCUT2D eigenvalue weighted by atomic mass is 9.96. The van der Waals surface area contributed by atoms with Gasteiger partial charge in [-0.05, 0) is 25.7 Å². The van der Waals surface area contributed by atoms with Crippen molar-refractivity contribution in [2.45, 2.75) is 32.2 Å². The standard InChI is InChI=1S/C16H17N3O3S/c20-9-8-18-14-7-2-1-6-13(14)16(23)17-15(18)11-4-3-5-12(10-11)19(21)22/h3-5,10,20H,1-2,6-9H2. The van der Waals surface area contributed by atoms with E-state index in [-0.39, 0.29) is 12.3 Å². The molecule has 1 aromatic carbocycles. The van der Waals surface area contributed by atoms with E-state index in [0.29, 0.717) is 22.6 Å². The Morgan fingerprint density at radius 2 is 2.13 bits per heavy atom. The molecule has 0 spiro atoms. The summed E-state index contributed by atoms with van der Waals surface area (Å²) in [5.74, 6) is 0.591. The summed E-state index contributed by atoms with van der Waals surface area (Å²) in [6.07, 6.45) is 3.96. The first kappa shape index (κ1) is 15.8. The van der Waals surface area contributed by atoms with Gasteiger partial charge in [-0.3, -0.25) is 10.1 Å². The van der Waals surface area contributed by atoms with Crippen LogP contribution in [0.15, 0.2) is 24.3 Å². The highest BCUT2D eigenvalue weighted by atomic mass is 32.1. The number of rotatable bonds is 4. The van der Waals surface area contributed by atoms with Crippen molar-refractivity contribution in [3.63, 3.8) is 0 Å². The zero-order chi connectivity index (χ0) is 16.4. The number of nitro groups is 1. The van der Waals surface area contributed by atoms with Gasteiger partial charge in [0.1, 0.15) is 10.5 Å². The van der Waals surface area contributed by atoms with Gasteiger partial charge in [0.25, 0.3) is 5.69 Å². The quantitative estimate of drug-likeness (QED) is 0.529. The minimum Gasteiger partial charge on any atom is -0.395 e. The van der Waals surface area contributed by atoms with Crippen LogP contribution in [0.4, 0.5) is 5.69 Å². The topological polar surface area (TPSA) is 81.2 Å². The number of hydrogen-bond acceptors (Lipinski definition) is 5. The van der Waals surface area contributed by atoms with Gasteiger partial charge in [0, 0.05) is 35.5 Å². The maximum absolute atomic E-state index is 11.0. The van der Waals surface area contributed by atoms with Crippen molar-refractivity contribution in [1.82, 2.24) is 9.55 Å².